The Morgan fingerprint density at radius 2 is 1.64 bits per heavy atom. The number of fused-ring (bicyclic) bond motifs is 1. The van der Waals surface area contributed by atoms with Crippen LogP contribution in [0.25, 0.3) is 0 Å². The van der Waals surface area contributed by atoms with Gasteiger partial charge in [0.1, 0.15) is 24.3 Å². The second kappa shape index (κ2) is 18.3. The zero-order valence-electron chi connectivity index (χ0n) is 35.6. The monoisotopic (exact) mass is 785 g/mol. The van der Waals surface area contributed by atoms with Gasteiger partial charge in [0, 0.05) is 45.6 Å². The molecule has 3 amide bonds. The molecule has 16 atom stereocenters. The zero-order valence-corrected chi connectivity index (χ0v) is 35.6. The van der Waals surface area contributed by atoms with Gasteiger partial charge in [-0.1, -0.05) is 34.6 Å². The third-order valence-electron chi connectivity index (χ3n) is 12.6. The molecule has 0 saturated carbocycles. The summed E-state index contributed by atoms with van der Waals surface area (Å²) in [6.07, 6.45) is -4.98. The van der Waals surface area contributed by atoms with Crippen LogP contribution in [0.2, 0.25) is 0 Å². The molecule has 0 spiro atoms. The first-order chi connectivity index (χ1) is 25.5. The third kappa shape index (κ3) is 10.2. The van der Waals surface area contributed by atoms with E-state index in [0.29, 0.717) is 32.4 Å². The summed E-state index contributed by atoms with van der Waals surface area (Å²) in [5.41, 5.74) is -2.61. The molecule has 0 bridgehead atoms. The maximum atomic E-state index is 14.5. The molecule has 15 nitrogen and oxygen atoms in total. The molecule has 4 aliphatic heterocycles. The van der Waals surface area contributed by atoms with Crippen LogP contribution >= 0.6 is 0 Å². The fourth-order valence-corrected chi connectivity index (χ4v) is 9.39. The van der Waals surface area contributed by atoms with Crippen LogP contribution in [0.15, 0.2) is 0 Å². The lowest BCUT2D eigenvalue weighted by molar-refractivity contribution is -0.317. The number of hydrogen-bond donors (Lipinski definition) is 4. The summed E-state index contributed by atoms with van der Waals surface area (Å²) in [5, 5.41) is 38.2. The predicted molar refractivity (Wildman–Crippen MR) is 204 cm³/mol. The molecular formula is C40H72N4O11. The van der Waals surface area contributed by atoms with E-state index in [9.17, 15) is 29.7 Å². The molecule has 0 aromatic carbocycles. The van der Waals surface area contributed by atoms with Crippen molar-refractivity contribution in [1.29, 1.82) is 0 Å². The summed E-state index contributed by atoms with van der Waals surface area (Å²) >= 11 is 0. The summed E-state index contributed by atoms with van der Waals surface area (Å²) in [5.74, 6) is -3.17. The van der Waals surface area contributed by atoms with E-state index in [1.165, 1.54) is 7.11 Å². The zero-order chi connectivity index (χ0) is 41.3. The van der Waals surface area contributed by atoms with Crippen LogP contribution in [0.3, 0.4) is 0 Å². The number of carbonyl (C=O) groups excluding carboxylic acids is 3. The number of nitrogens with zero attached hydrogens (tertiary/aromatic N) is 3. The van der Waals surface area contributed by atoms with Gasteiger partial charge in [-0.05, 0) is 79.3 Å². The molecule has 0 aliphatic carbocycles. The number of aliphatic hydroxyl groups excluding tert-OH is 2. The van der Waals surface area contributed by atoms with Crippen molar-refractivity contribution in [1.82, 2.24) is 20.0 Å². The number of aliphatic hydroxyl groups is 3. The van der Waals surface area contributed by atoms with Crippen LogP contribution in [0.1, 0.15) is 94.4 Å². The van der Waals surface area contributed by atoms with E-state index in [1.807, 2.05) is 53.6 Å². The molecule has 0 radical (unpaired) electrons. The van der Waals surface area contributed by atoms with Crippen molar-refractivity contribution in [3.05, 3.63) is 0 Å². The van der Waals surface area contributed by atoms with E-state index >= 15 is 0 Å². The molecule has 4 N–H and O–H groups in total. The summed E-state index contributed by atoms with van der Waals surface area (Å²) in [6, 6.07) is -1.86. The van der Waals surface area contributed by atoms with Gasteiger partial charge in [-0.3, -0.25) is 14.4 Å². The van der Waals surface area contributed by atoms with E-state index < -0.39 is 84.1 Å². The third-order valence-corrected chi connectivity index (χ3v) is 12.6. The van der Waals surface area contributed by atoms with Gasteiger partial charge in [-0.15, -0.1) is 0 Å². The summed E-state index contributed by atoms with van der Waals surface area (Å²) < 4.78 is 31.7. The molecule has 4 rings (SSSR count). The average molecular weight is 785 g/mol. The largest absolute Gasteiger partial charge is 0.387 e. The van der Waals surface area contributed by atoms with Crippen molar-refractivity contribution < 1.29 is 53.4 Å². The second-order valence-corrected chi connectivity index (χ2v) is 18.1. The molecule has 0 aromatic heterocycles. The Balaban J connectivity index is 1.83. The standard InChI is InChI=1S/C40H72N4O11/c1-21(2)30-37(49)44-16-14-15-27(44)36(48)43(12)20-22(3)18-39(8,50)34(55-38-31(45)28(42(10)11)17-23(4)52-38)24(5)32(25(6)35(47)41-30)54-29-19-40(9,51-13)33(46)26(7)53-29/h21-34,38,45-46,50H,14-20H2,1-13H3,(H,41,47)/t22-,23-,24+,25-,26+,27-,28+,29+,30?,31-,32+,33+,34-,38+,39-,40-/m1/s1. The highest BCUT2D eigenvalue weighted by Gasteiger charge is 2.52. The summed E-state index contributed by atoms with van der Waals surface area (Å²) in [4.78, 5) is 47.7. The van der Waals surface area contributed by atoms with Crippen LogP contribution in [-0.2, 0) is 38.1 Å². The Hall–Kier alpha value is -1.95. The first kappa shape index (κ1) is 45.7. The van der Waals surface area contributed by atoms with Crippen molar-refractivity contribution in [3.8, 4) is 0 Å². The number of ether oxygens (including phenoxy) is 5. The Labute approximate surface area is 328 Å². The minimum absolute atomic E-state index is 0.141. The molecule has 55 heavy (non-hydrogen) atoms. The number of carbonyl (C=O) groups is 3. The molecular weight excluding hydrogens is 712 g/mol. The number of hydrogen-bond acceptors (Lipinski definition) is 12. The molecule has 318 valence electrons. The summed E-state index contributed by atoms with van der Waals surface area (Å²) in [6.45, 7) is 17.0. The van der Waals surface area contributed by atoms with Gasteiger partial charge < -0.3 is 59.0 Å². The van der Waals surface area contributed by atoms with E-state index in [1.54, 1.807) is 44.5 Å². The van der Waals surface area contributed by atoms with Crippen molar-refractivity contribution in [2.24, 2.45) is 23.7 Å². The normalized spacial score (nSPS) is 44.6. The maximum absolute atomic E-state index is 14.5. The minimum Gasteiger partial charge on any atom is -0.387 e. The lowest BCUT2D eigenvalue weighted by Crippen LogP contribution is -2.61. The van der Waals surface area contributed by atoms with Gasteiger partial charge >= 0.3 is 0 Å². The number of methoxy groups -OCH3 is 1. The first-order valence-electron chi connectivity index (χ1n) is 20.3. The first-order valence-corrected chi connectivity index (χ1v) is 20.3. The van der Waals surface area contributed by atoms with E-state index in [0.717, 1.165) is 0 Å². The Bertz CT molecular complexity index is 1320. The van der Waals surface area contributed by atoms with Gasteiger partial charge in [-0.2, -0.15) is 0 Å². The van der Waals surface area contributed by atoms with Gasteiger partial charge in [-0.25, -0.2) is 0 Å². The lowest BCUT2D eigenvalue weighted by Gasteiger charge is -2.49. The minimum atomic E-state index is -1.59. The highest BCUT2D eigenvalue weighted by Crippen LogP contribution is 2.39. The summed E-state index contributed by atoms with van der Waals surface area (Å²) in [7, 11) is 7.00. The molecule has 15 heteroatoms. The van der Waals surface area contributed by atoms with Gasteiger partial charge in [0.2, 0.25) is 17.7 Å². The van der Waals surface area contributed by atoms with E-state index in [-0.39, 0.29) is 48.6 Å². The van der Waals surface area contributed by atoms with E-state index in [2.05, 4.69) is 5.32 Å². The molecule has 4 aliphatic rings. The predicted octanol–water partition coefficient (Wildman–Crippen LogP) is 1.74. The Morgan fingerprint density at radius 3 is 2.24 bits per heavy atom. The van der Waals surface area contributed by atoms with Crippen LogP contribution in [-0.4, -0.2) is 168 Å². The van der Waals surface area contributed by atoms with Crippen molar-refractivity contribution in [2.45, 2.75) is 173 Å². The Morgan fingerprint density at radius 1 is 0.982 bits per heavy atom. The van der Waals surface area contributed by atoms with Gasteiger partial charge in [0.25, 0.3) is 0 Å². The van der Waals surface area contributed by atoms with Crippen molar-refractivity contribution in [2.75, 3.05) is 41.3 Å². The van der Waals surface area contributed by atoms with E-state index in [4.69, 9.17) is 23.7 Å². The van der Waals surface area contributed by atoms with Gasteiger partial charge in [0.05, 0.1) is 41.5 Å². The molecule has 4 saturated heterocycles. The quantitative estimate of drug-likeness (QED) is 0.295. The number of likely N-dealkylation sites (N-methyl/N-ethyl adjacent to an activating group) is 2. The molecule has 4 heterocycles. The van der Waals surface area contributed by atoms with Crippen LogP contribution in [0.5, 0.6) is 0 Å². The molecule has 1 unspecified atom stereocenters. The smallest absolute Gasteiger partial charge is 0.246 e. The number of amides is 3. The average Bonchev–Trinajstić information content (AvgIpc) is 3.59. The fraction of sp³-hybridized carbons (Fsp3) is 0.925. The van der Waals surface area contributed by atoms with Gasteiger partial charge in [0.15, 0.2) is 12.6 Å². The molecule has 0 aromatic rings. The van der Waals surface area contributed by atoms with Crippen molar-refractivity contribution in [3.63, 3.8) is 0 Å². The highest BCUT2D eigenvalue weighted by molar-refractivity contribution is 5.93. The van der Waals surface area contributed by atoms with Crippen LogP contribution in [0.4, 0.5) is 0 Å². The maximum Gasteiger partial charge on any atom is 0.246 e. The second-order valence-electron chi connectivity index (χ2n) is 18.1. The fourth-order valence-electron chi connectivity index (χ4n) is 9.39. The number of nitrogens with one attached hydrogen (secondary N) is 1. The van der Waals surface area contributed by atoms with Crippen LogP contribution < -0.4 is 5.32 Å². The number of rotatable bonds is 7. The van der Waals surface area contributed by atoms with Crippen molar-refractivity contribution >= 4 is 17.7 Å². The lowest BCUT2D eigenvalue weighted by atomic mass is 9.77. The SMILES string of the molecule is CO[C@]1(C)C[C@H](O[C@H]2[C@H](C)[C@@H](O[C@@H]3O[C@H](C)C[C@H](N(C)C)[C@H]3O)[C@](C)(O)C[C@@H](C)CN(C)C(=O)[C@H]3CCCN3C(=O)C(C(C)C)NC(=O)[C@@H]2C)O[C@@H](C)[C@@H]1O. The molecule has 4 fully saturated rings. The topological polar surface area (TPSA) is 180 Å². The Kier molecular flexibility index (Phi) is 15.2. The van der Waals surface area contributed by atoms with Crippen LogP contribution in [0, 0.1) is 23.7 Å². The highest BCUT2D eigenvalue weighted by atomic mass is 16.7.